The van der Waals surface area contributed by atoms with Gasteiger partial charge in [-0.1, -0.05) is 171 Å². The fourth-order valence-corrected chi connectivity index (χ4v) is 7.53. The van der Waals surface area contributed by atoms with Crippen LogP contribution in [-0.4, -0.2) is 30.8 Å². The predicted octanol–water partition coefficient (Wildman–Crippen LogP) is 15.2. The maximum absolute atomic E-state index is 13.5. The summed E-state index contributed by atoms with van der Waals surface area (Å²) in [6.45, 7) is 6.01. The molecule has 0 saturated carbocycles. The lowest BCUT2D eigenvalue weighted by Crippen LogP contribution is -2.01. The molecular formula is C61H52O7S. The van der Waals surface area contributed by atoms with E-state index in [4.69, 9.17) is 14.0 Å². The van der Waals surface area contributed by atoms with E-state index in [1.54, 1.807) is 0 Å². The number of ether oxygens (including phenoxy) is 2. The quantitative estimate of drug-likeness (QED) is 0.0906. The first-order valence-corrected chi connectivity index (χ1v) is 24.4. The molecule has 9 aromatic rings. The monoisotopic (exact) mass is 928 g/mol. The first kappa shape index (κ1) is 48.8. The van der Waals surface area contributed by atoms with Crippen molar-refractivity contribution in [3.8, 4) is 56.4 Å². The van der Waals surface area contributed by atoms with Crippen LogP contribution in [0.4, 0.5) is 0 Å². The van der Waals surface area contributed by atoms with Crippen LogP contribution in [0.15, 0.2) is 224 Å². The summed E-state index contributed by atoms with van der Waals surface area (Å²) < 4.78 is 38.9. The van der Waals surface area contributed by atoms with E-state index in [-0.39, 0.29) is 11.6 Å². The highest BCUT2D eigenvalue weighted by Gasteiger charge is 2.16. The second kappa shape index (κ2) is 23.0. The van der Waals surface area contributed by atoms with Gasteiger partial charge < -0.3 is 9.47 Å². The molecule has 69 heavy (non-hydrogen) atoms. The number of hydrogen-bond acceptors (Lipinski definition) is 6. The number of rotatable bonds is 13. The van der Waals surface area contributed by atoms with E-state index in [1.165, 1.54) is 5.56 Å². The van der Waals surface area contributed by atoms with Gasteiger partial charge >= 0.3 is 0 Å². The Morgan fingerprint density at radius 2 is 0.739 bits per heavy atom. The van der Waals surface area contributed by atoms with E-state index < -0.39 is 10.1 Å². The zero-order chi connectivity index (χ0) is 48.8. The minimum Gasteiger partial charge on any atom is -0.457 e. The van der Waals surface area contributed by atoms with Crippen LogP contribution < -0.4 is 9.47 Å². The van der Waals surface area contributed by atoms with Crippen molar-refractivity contribution in [2.75, 3.05) is 6.26 Å². The number of carbonyl (C=O) groups is 2. The lowest BCUT2D eigenvalue weighted by Gasteiger charge is -2.16. The molecule has 0 spiro atoms. The molecule has 0 aromatic heterocycles. The van der Waals surface area contributed by atoms with Gasteiger partial charge in [-0.15, -0.1) is 0 Å². The van der Waals surface area contributed by atoms with E-state index in [2.05, 4.69) is 60.7 Å². The van der Waals surface area contributed by atoms with Gasteiger partial charge in [0.25, 0.3) is 10.1 Å². The molecule has 0 aliphatic rings. The van der Waals surface area contributed by atoms with Crippen molar-refractivity contribution < 1.29 is 32.0 Å². The van der Waals surface area contributed by atoms with Crippen molar-refractivity contribution in [1.82, 2.24) is 0 Å². The molecule has 0 amide bonds. The third-order valence-corrected chi connectivity index (χ3v) is 10.9. The molecule has 9 aromatic carbocycles. The molecule has 7 nitrogen and oxygen atoms in total. The molecule has 0 radical (unpaired) electrons. The maximum Gasteiger partial charge on any atom is 0.261 e. The van der Waals surface area contributed by atoms with Gasteiger partial charge in [0, 0.05) is 33.4 Å². The number of benzene rings is 9. The van der Waals surface area contributed by atoms with E-state index in [1.807, 2.05) is 185 Å². The Labute approximate surface area is 405 Å². The fourth-order valence-electron chi connectivity index (χ4n) is 7.53. The zero-order valence-electron chi connectivity index (χ0n) is 38.9. The lowest BCUT2D eigenvalue weighted by molar-refractivity contribution is 0.103. The normalized spacial score (nSPS) is 10.7. The molecule has 0 fully saturated rings. The van der Waals surface area contributed by atoms with Gasteiger partial charge in [0.1, 0.15) is 23.0 Å². The van der Waals surface area contributed by atoms with Crippen molar-refractivity contribution in [3.05, 3.63) is 263 Å². The highest BCUT2D eigenvalue weighted by molar-refractivity contribution is 7.85. The molecule has 344 valence electrons. The molecule has 0 heterocycles. The van der Waals surface area contributed by atoms with E-state index in [9.17, 15) is 18.0 Å². The molecule has 8 heteroatoms. The van der Waals surface area contributed by atoms with Gasteiger partial charge in [-0.25, -0.2) is 0 Å². The van der Waals surface area contributed by atoms with Crippen LogP contribution in [0, 0.1) is 6.92 Å². The van der Waals surface area contributed by atoms with Crippen LogP contribution in [0.25, 0.3) is 33.4 Å². The molecule has 0 saturated heterocycles. The average Bonchev–Trinajstić information content (AvgIpc) is 3.38. The highest BCUT2D eigenvalue weighted by atomic mass is 32.2. The van der Waals surface area contributed by atoms with Gasteiger partial charge in [-0.2, -0.15) is 8.42 Å². The fraction of sp³-hybridized carbons (Fsp3) is 0.0820. The molecule has 0 atom stereocenters. The Balaban J connectivity index is 0.000000945. The summed E-state index contributed by atoms with van der Waals surface area (Å²) in [7, 11) is -3.67. The van der Waals surface area contributed by atoms with Crippen molar-refractivity contribution >= 4 is 21.7 Å². The van der Waals surface area contributed by atoms with Gasteiger partial charge in [0.15, 0.2) is 11.6 Å². The molecular weight excluding hydrogens is 877 g/mol. The molecule has 1 N–H and O–H groups in total. The van der Waals surface area contributed by atoms with Crippen LogP contribution in [0.1, 0.15) is 62.4 Å². The molecule has 0 aliphatic carbocycles. The summed E-state index contributed by atoms with van der Waals surface area (Å²) >= 11 is 0. The molecule has 0 aliphatic heterocycles. The Hall–Kier alpha value is -8.17. The maximum atomic E-state index is 13.5. The van der Waals surface area contributed by atoms with Crippen LogP contribution in [0.5, 0.6) is 23.0 Å². The predicted molar refractivity (Wildman–Crippen MR) is 278 cm³/mol. The third kappa shape index (κ3) is 13.5. The average molecular weight is 929 g/mol. The summed E-state index contributed by atoms with van der Waals surface area (Å²) in [5.74, 6) is 2.59. The Morgan fingerprint density at radius 3 is 1.12 bits per heavy atom. The smallest absolute Gasteiger partial charge is 0.261 e. The minimum absolute atomic E-state index is 0.0287. The Morgan fingerprint density at radius 1 is 0.420 bits per heavy atom. The number of carbonyl (C=O) groups excluding carboxylic acids is 2. The van der Waals surface area contributed by atoms with Crippen molar-refractivity contribution in [3.63, 3.8) is 0 Å². The molecule has 0 bridgehead atoms. The first-order chi connectivity index (χ1) is 33.4. The van der Waals surface area contributed by atoms with Crippen LogP contribution in [0.3, 0.4) is 0 Å². The first-order valence-electron chi connectivity index (χ1n) is 22.6. The molecule has 9 rings (SSSR count). The van der Waals surface area contributed by atoms with Gasteiger partial charge in [-0.3, -0.25) is 14.1 Å². The third-order valence-electron chi connectivity index (χ3n) is 10.9. The number of ketones is 2. The summed E-state index contributed by atoms with van der Waals surface area (Å²) in [6, 6.07) is 73.2. The minimum atomic E-state index is -3.67. The Kier molecular flexibility index (Phi) is 16.3. The summed E-state index contributed by atoms with van der Waals surface area (Å²) in [5, 5.41) is 0. The van der Waals surface area contributed by atoms with E-state index in [0.717, 1.165) is 50.9 Å². The summed E-state index contributed by atoms with van der Waals surface area (Å²) in [5.41, 5.74) is 11.9. The largest absolute Gasteiger partial charge is 0.457 e. The SMILES string of the molecule is CC.CS(=O)(=O)O.Cc1ccc(C(=O)c2ccc(Oc3ccc(-c4ccc(Oc5ccc(C(=O)c6ccc(Cc7ccccc7)cc6)cc5)c(-c5ccccc5)c4)cc3-c3ccccc3)cc2)cc1. The van der Waals surface area contributed by atoms with Crippen molar-refractivity contribution in [2.45, 2.75) is 27.2 Å². The highest BCUT2D eigenvalue weighted by Crippen LogP contribution is 2.41. The van der Waals surface area contributed by atoms with Gasteiger partial charge in [0.2, 0.25) is 0 Å². The second-order valence-electron chi connectivity index (χ2n) is 16.0. The summed E-state index contributed by atoms with van der Waals surface area (Å²) in [4.78, 5) is 26.6. The van der Waals surface area contributed by atoms with Crippen molar-refractivity contribution in [2.24, 2.45) is 0 Å². The van der Waals surface area contributed by atoms with Crippen LogP contribution >= 0.6 is 0 Å². The van der Waals surface area contributed by atoms with Crippen molar-refractivity contribution in [1.29, 1.82) is 0 Å². The van der Waals surface area contributed by atoms with Gasteiger partial charge in [0.05, 0.1) is 6.26 Å². The number of hydrogen-bond donors (Lipinski definition) is 1. The standard InChI is InChI=1S/C58H42O4.C2H6.CH4O3S/c1-40-17-21-45(22-18-40)57(59)47-25-31-51(32-26-47)61-55-35-29-49(38-53(55)43-13-7-3-8-14-43)50-30-36-56(54(39-50)44-15-9-4-10-16-44)62-52-33-27-48(28-34-52)58(60)46-23-19-42(20-24-46)37-41-11-5-2-6-12-41;1-2;1-5(2,3)4/h2-36,38-39H,37H2,1H3;1-2H3;1H3,(H,2,3,4). The lowest BCUT2D eigenvalue weighted by atomic mass is 9.95. The number of aryl methyl sites for hydroxylation is 1. The molecule has 0 unspecified atom stereocenters. The van der Waals surface area contributed by atoms with E-state index >= 15 is 0 Å². The van der Waals surface area contributed by atoms with Crippen LogP contribution in [0.2, 0.25) is 0 Å². The summed E-state index contributed by atoms with van der Waals surface area (Å²) in [6.07, 6.45) is 1.54. The zero-order valence-corrected chi connectivity index (χ0v) is 39.7. The van der Waals surface area contributed by atoms with E-state index in [0.29, 0.717) is 51.5 Å². The van der Waals surface area contributed by atoms with Gasteiger partial charge in [-0.05, 0) is 120 Å². The van der Waals surface area contributed by atoms with Crippen LogP contribution in [-0.2, 0) is 16.5 Å². The topological polar surface area (TPSA) is 107 Å². The second-order valence-corrected chi connectivity index (χ2v) is 17.5. The Bertz CT molecular complexity index is 3220.